The van der Waals surface area contributed by atoms with Gasteiger partial charge in [0.1, 0.15) is 18.1 Å². The number of nitrogens with one attached hydrogen (secondary N) is 1. The molecule has 1 aliphatic heterocycles. The van der Waals surface area contributed by atoms with Crippen LogP contribution < -0.4 is 16.7 Å². The van der Waals surface area contributed by atoms with Crippen LogP contribution in [0.15, 0.2) is 16.1 Å². The number of phosphoric ester groups is 1. The van der Waals surface area contributed by atoms with Gasteiger partial charge >= 0.3 is 29.2 Å². The molecule has 288 valence electrons. The summed E-state index contributed by atoms with van der Waals surface area (Å²) in [4.78, 5) is 66.8. The maximum absolute atomic E-state index is 12.5. The first kappa shape index (κ1) is 44.4. The standard InChI is InChI=1S/C23H38N7O18P3/c24-22-17(2-1-4-26-20(32)3-6-41-8-10-43-12-13-44-11-9-42-7-5-27-29-25)15-30(23(33)28-22)21-14-18(31)19(46-21)16-45-50(37,38)48-51(39,40)47-49(34,35)36/h15,18-19,21,31H,3-14,16H2,(H,26,32)(H,37,38)(H,39,40)(H2,24,28,33)(H2,34,35,36)/t18-,19+,21+/m0/s1. The minimum atomic E-state index is -5.75. The van der Waals surface area contributed by atoms with Gasteiger partial charge in [0, 0.05) is 30.5 Å². The van der Waals surface area contributed by atoms with Gasteiger partial charge in [-0.2, -0.15) is 13.6 Å². The average molecular weight is 794 g/mol. The van der Waals surface area contributed by atoms with E-state index in [-0.39, 0.29) is 56.4 Å². The Hall–Kier alpha value is -2.81. The van der Waals surface area contributed by atoms with Crippen LogP contribution in [0.2, 0.25) is 0 Å². The Labute approximate surface area is 289 Å². The fourth-order valence-electron chi connectivity index (χ4n) is 3.74. The molecule has 0 aliphatic carbocycles. The van der Waals surface area contributed by atoms with Crippen LogP contribution in [0.1, 0.15) is 24.6 Å². The van der Waals surface area contributed by atoms with E-state index in [4.69, 9.17) is 44.7 Å². The molecule has 51 heavy (non-hydrogen) atoms. The van der Waals surface area contributed by atoms with E-state index >= 15 is 0 Å². The van der Waals surface area contributed by atoms with Crippen LogP contribution in [0, 0.1) is 11.8 Å². The van der Waals surface area contributed by atoms with Crippen molar-refractivity contribution in [3.63, 3.8) is 0 Å². The van der Waals surface area contributed by atoms with Crippen molar-refractivity contribution in [2.75, 3.05) is 78.3 Å². The number of ether oxygens (including phenoxy) is 5. The molecular weight excluding hydrogens is 755 g/mol. The predicted molar refractivity (Wildman–Crippen MR) is 169 cm³/mol. The molecule has 1 aliphatic rings. The molecule has 28 heteroatoms. The zero-order valence-corrected chi connectivity index (χ0v) is 29.4. The van der Waals surface area contributed by atoms with Crippen LogP contribution in [0.3, 0.4) is 0 Å². The lowest BCUT2D eigenvalue weighted by Crippen LogP contribution is -2.29. The van der Waals surface area contributed by atoms with Crippen molar-refractivity contribution < 1.29 is 80.0 Å². The number of anilines is 1. The maximum atomic E-state index is 12.5. The van der Waals surface area contributed by atoms with Crippen molar-refractivity contribution in [1.82, 2.24) is 14.9 Å². The molecule has 1 aromatic heterocycles. The molecule has 2 rings (SSSR count). The Morgan fingerprint density at radius 1 is 1.04 bits per heavy atom. The third-order valence-electron chi connectivity index (χ3n) is 5.90. The summed E-state index contributed by atoms with van der Waals surface area (Å²) >= 11 is 0. The number of aliphatic hydroxyl groups excluding tert-OH is 1. The van der Waals surface area contributed by atoms with E-state index in [0.717, 1.165) is 4.57 Å². The minimum absolute atomic E-state index is 0.0453. The number of nitrogen functional groups attached to an aromatic ring is 1. The minimum Gasteiger partial charge on any atom is -0.390 e. The molecule has 5 atom stereocenters. The fourth-order valence-corrected chi connectivity index (χ4v) is 6.77. The summed E-state index contributed by atoms with van der Waals surface area (Å²) in [7, 11) is -16.8. The van der Waals surface area contributed by atoms with Gasteiger partial charge in [-0.1, -0.05) is 17.0 Å². The van der Waals surface area contributed by atoms with Crippen LogP contribution in [-0.2, 0) is 55.3 Å². The molecule has 0 aromatic carbocycles. The van der Waals surface area contributed by atoms with Crippen molar-refractivity contribution in [3.8, 4) is 11.8 Å². The number of azide groups is 1. The second kappa shape index (κ2) is 22.3. The van der Waals surface area contributed by atoms with Crippen molar-refractivity contribution in [2.45, 2.75) is 31.3 Å². The third kappa shape index (κ3) is 19.0. The molecule has 1 amide bonds. The number of amides is 1. The maximum Gasteiger partial charge on any atom is 0.490 e. The van der Waals surface area contributed by atoms with Crippen molar-refractivity contribution in [3.05, 3.63) is 32.7 Å². The normalized spacial score (nSPS) is 19.7. The second-order valence-corrected chi connectivity index (χ2v) is 14.2. The van der Waals surface area contributed by atoms with E-state index in [9.17, 15) is 38.2 Å². The molecule has 1 fully saturated rings. The summed E-state index contributed by atoms with van der Waals surface area (Å²) < 4.78 is 73.5. The van der Waals surface area contributed by atoms with E-state index in [1.54, 1.807) is 0 Å². The number of aromatic nitrogens is 2. The lowest BCUT2D eigenvalue weighted by Gasteiger charge is -2.19. The average Bonchev–Trinajstić information content (AvgIpc) is 3.39. The lowest BCUT2D eigenvalue weighted by atomic mass is 10.2. The summed E-state index contributed by atoms with van der Waals surface area (Å²) in [6.07, 6.45) is -3.06. The number of nitrogens with two attached hydrogens (primary N) is 1. The van der Waals surface area contributed by atoms with Gasteiger partial charge in [0.25, 0.3) is 0 Å². The van der Waals surface area contributed by atoms with Crippen LogP contribution in [0.4, 0.5) is 5.82 Å². The number of carbonyl (C=O) groups is 1. The van der Waals surface area contributed by atoms with Gasteiger partial charge in [0.05, 0.1) is 77.7 Å². The van der Waals surface area contributed by atoms with E-state index in [1.807, 2.05) is 0 Å². The summed E-state index contributed by atoms with van der Waals surface area (Å²) in [5, 5.41) is 16.2. The van der Waals surface area contributed by atoms with Crippen molar-refractivity contribution in [1.29, 1.82) is 0 Å². The molecule has 8 N–H and O–H groups in total. The van der Waals surface area contributed by atoms with E-state index < -0.39 is 54.2 Å². The molecule has 2 heterocycles. The Morgan fingerprint density at radius 2 is 1.65 bits per heavy atom. The highest BCUT2D eigenvalue weighted by atomic mass is 31.3. The molecule has 0 saturated carbocycles. The van der Waals surface area contributed by atoms with Crippen molar-refractivity contribution >= 4 is 35.2 Å². The molecule has 0 radical (unpaired) electrons. The zero-order chi connectivity index (χ0) is 37.9. The molecular formula is C23H38N7O18P3. The van der Waals surface area contributed by atoms with E-state index in [0.29, 0.717) is 39.6 Å². The molecule has 0 spiro atoms. The van der Waals surface area contributed by atoms with E-state index in [1.165, 1.54) is 6.20 Å². The number of aliphatic hydroxyl groups is 1. The van der Waals surface area contributed by atoms with Gasteiger partial charge in [-0.3, -0.25) is 13.9 Å². The Kier molecular flexibility index (Phi) is 19.4. The number of hydrogen-bond acceptors (Lipinski definition) is 17. The first-order valence-electron chi connectivity index (χ1n) is 14.6. The summed E-state index contributed by atoms with van der Waals surface area (Å²) in [5.74, 6) is 4.70. The number of carbonyl (C=O) groups excluding carboxylic acids is 1. The van der Waals surface area contributed by atoms with Gasteiger partial charge < -0.3 is 59.4 Å². The molecule has 1 saturated heterocycles. The largest absolute Gasteiger partial charge is 0.490 e. The zero-order valence-electron chi connectivity index (χ0n) is 26.7. The van der Waals surface area contributed by atoms with Crippen LogP contribution in [-0.4, -0.2) is 125 Å². The lowest BCUT2D eigenvalue weighted by molar-refractivity contribution is -0.122. The molecule has 2 unspecified atom stereocenters. The highest BCUT2D eigenvalue weighted by Gasteiger charge is 2.43. The number of nitrogens with zero attached hydrogens (tertiary/aromatic N) is 5. The van der Waals surface area contributed by atoms with Gasteiger partial charge in [-0.15, -0.1) is 0 Å². The fraction of sp³-hybridized carbons (Fsp3) is 0.696. The van der Waals surface area contributed by atoms with Crippen molar-refractivity contribution in [2.24, 2.45) is 5.11 Å². The van der Waals surface area contributed by atoms with Crippen LogP contribution in [0.5, 0.6) is 0 Å². The van der Waals surface area contributed by atoms with Gasteiger partial charge in [0.15, 0.2) is 0 Å². The van der Waals surface area contributed by atoms with Gasteiger partial charge in [0.2, 0.25) is 5.91 Å². The first-order chi connectivity index (χ1) is 24.0. The Balaban J connectivity index is 1.71. The molecule has 0 bridgehead atoms. The summed E-state index contributed by atoms with van der Waals surface area (Å²) in [5.41, 5.74) is 13.1. The smallest absolute Gasteiger partial charge is 0.390 e. The summed E-state index contributed by atoms with van der Waals surface area (Å²) in [6, 6.07) is 0. The quantitative estimate of drug-likeness (QED) is 0.0166. The Bertz CT molecular complexity index is 1590. The number of phosphoric acid groups is 3. The highest BCUT2D eigenvalue weighted by Crippen LogP contribution is 2.66. The molecule has 25 nitrogen and oxygen atoms in total. The predicted octanol–water partition coefficient (Wildman–Crippen LogP) is -0.948. The first-order valence-corrected chi connectivity index (χ1v) is 19.1. The monoisotopic (exact) mass is 793 g/mol. The highest BCUT2D eigenvalue weighted by molar-refractivity contribution is 7.66. The third-order valence-corrected chi connectivity index (χ3v) is 9.70. The number of hydrogen-bond donors (Lipinski definition) is 7. The summed E-state index contributed by atoms with van der Waals surface area (Å²) in [6.45, 7) is 1.66. The van der Waals surface area contributed by atoms with Crippen LogP contribution in [0.25, 0.3) is 10.4 Å². The number of rotatable bonds is 24. The SMILES string of the molecule is [N-]=[N+]=NCCOCCOCCOCCOCCC(=O)NCC#Cc1cn([C@H]2C[C@H](O)[C@@H](COP(=O)(O)OP(=O)(O)OP(=O)(O)O)O2)c(=O)nc1N. The Morgan fingerprint density at radius 3 is 2.25 bits per heavy atom. The molecule has 1 aromatic rings. The van der Waals surface area contributed by atoms with Crippen LogP contribution >= 0.6 is 23.5 Å². The second-order valence-electron chi connectivity index (χ2n) is 9.78. The topological polar surface area (TPSA) is 365 Å². The van der Waals surface area contributed by atoms with Gasteiger partial charge in [-0.05, 0) is 5.53 Å². The van der Waals surface area contributed by atoms with Gasteiger partial charge in [-0.25, -0.2) is 18.5 Å². The van der Waals surface area contributed by atoms with E-state index in [2.05, 4.69) is 45.3 Å².